The number of hydrogen-bond acceptors (Lipinski definition) is 6. The maximum atomic E-state index is 11.7. The summed E-state index contributed by atoms with van der Waals surface area (Å²) in [7, 11) is 0. The number of carbonyl (C=O) groups is 2. The van der Waals surface area contributed by atoms with Crippen molar-refractivity contribution in [3.8, 4) is 0 Å². The minimum Gasteiger partial charge on any atom is -0.419 e. The van der Waals surface area contributed by atoms with Gasteiger partial charge >= 0.3 is 11.9 Å². The molecule has 112 valence electrons. The van der Waals surface area contributed by atoms with Gasteiger partial charge in [0.05, 0.1) is 6.10 Å². The van der Waals surface area contributed by atoms with Gasteiger partial charge in [-0.05, 0) is 5.56 Å². The summed E-state index contributed by atoms with van der Waals surface area (Å²) in [6.45, 7) is 3.11. The summed E-state index contributed by atoms with van der Waals surface area (Å²) in [4.78, 5) is 23.3. The molecule has 6 heteroatoms. The SMILES string of the molecule is CC1(C)OC(=O)C(=CNC[C@@H](O)c2ccccc2)C(=O)O1. The van der Waals surface area contributed by atoms with E-state index < -0.39 is 23.8 Å². The van der Waals surface area contributed by atoms with Crippen LogP contribution >= 0.6 is 0 Å². The lowest BCUT2D eigenvalue weighted by molar-refractivity contribution is -0.222. The summed E-state index contributed by atoms with van der Waals surface area (Å²) in [5.41, 5.74) is 0.507. The van der Waals surface area contributed by atoms with Gasteiger partial charge in [0.1, 0.15) is 0 Å². The van der Waals surface area contributed by atoms with Crippen molar-refractivity contribution < 1.29 is 24.2 Å². The van der Waals surface area contributed by atoms with Crippen LogP contribution in [0.25, 0.3) is 0 Å². The van der Waals surface area contributed by atoms with Crippen LogP contribution in [0.2, 0.25) is 0 Å². The van der Waals surface area contributed by atoms with Crippen molar-refractivity contribution in [2.24, 2.45) is 0 Å². The van der Waals surface area contributed by atoms with Gasteiger partial charge < -0.3 is 19.9 Å². The molecule has 1 saturated heterocycles. The Hall–Kier alpha value is -2.34. The van der Waals surface area contributed by atoms with Crippen LogP contribution in [0.3, 0.4) is 0 Å². The molecule has 0 bridgehead atoms. The van der Waals surface area contributed by atoms with E-state index in [0.29, 0.717) is 0 Å². The zero-order valence-electron chi connectivity index (χ0n) is 11.8. The number of ether oxygens (including phenoxy) is 2. The molecule has 0 aliphatic carbocycles. The molecule has 0 unspecified atom stereocenters. The zero-order valence-corrected chi connectivity index (χ0v) is 11.8. The van der Waals surface area contributed by atoms with E-state index in [2.05, 4.69) is 5.32 Å². The van der Waals surface area contributed by atoms with Gasteiger partial charge in [-0.2, -0.15) is 0 Å². The summed E-state index contributed by atoms with van der Waals surface area (Å²) in [5, 5.41) is 12.7. The van der Waals surface area contributed by atoms with Gasteiger partial charge in [0.25, 0.3) is 5.79 Å². The van der Waals surface area contributed by atoms with Crippen molar-refractivity contribution in [2.75, 3.05) is 6.54 Å². The Balaban J connectivity index is 1.95. The number of cyclic esters (lactones) is 2. The smallest absolute Gasteiger partial charge is 0.350 e. The Morgan fingerprint density at radius 1 is 1.19 bits per heavy atom. The summed E-state index contributed by atoms with van der Waals surface area (Å²) in [6.07, 6.45) is 0.446. The Bertz CT molecular complexity index is 543. The summed E-state index contributed by atoms with van der Waals surface area (Å²) < 4.78 is 9.89. The van der Waals surface area contributed by atoms with Gasteiger partial charge in [0.2, 0.25) is 0 Å². The number of hydrogen-bond donors (Lipinski definition) is 2. The van der Waals surface area contributed by atoms with Crippen molar-refractivity contribution in [2.45, 2.75) is 25.7 Å². The van der Waals surface area contributed by atoms with Crippen LogP contribution in [0.1, 0.15) is 25.5 Å². The van der Waals surface area contributed by atoms with Crippen LogP contribution in [0, 0.1) is 0 Å². The highest BCUT2D eigenvalue weighted by Gasteiger charge is 2.38. The van der Waals surface area contributed by atoms with Crippen LogP contribution in [0.5, 0.6) is 0 Å². The van der Waals surface area contributed by atoms with Crippen molar-refractivity contribution in [3.63, 3.8) is 0 Å². The fourth-order valence-corrected chi connectivity index (χ4v) is 1.84. The molecule has 2 rings (SSSR count). The van der Waals surface area contributed by atoms with Gasteiger partial charge in [-0.1, -0.05) is 30.3 Å². The molecule has 1 fully saturated rings. The van der Waals surface area contributed by atoms with Gasteiger partial charge in [-0.25, -0.2) is 9.59 Å². The average Bonchev–Trinajstić information content (AvgIpc) is 2.41. The van der Waals surface area contributed by atoms with Crippen LogP contribution in [0.4, 0.5) is 0 Å². The Morgan fingerprint density at radius 2 is 1.76 bits per heavy atom. The molecule has 1 aliphatic heterocycles. The topological polar surface area (TPSA) is 84.9 Å². The lowest BCUT2D eigenvalue weighted by Gasteiger charge is -2.29. The first-order chi connectivity index (χ1) is 9.89. The molecule has 1 aromatic carbocycles. The standard InChI is InChI=1S/C15H17NO5/c1-15(2)20-13(18)11(14(19)21-15)8-16-9-12(17)10-6-4-3-5-7-10/h3-8,12,16-17H,9H2,1-2H3/t12-/m1/s1. The number of esters is 2. The molecule has 1 aromatic rings. The minimum absolute atomic E-state index is 0.150. The molecule has 0 amide bonds. The van der Waals surface area contributed by atoms with E-state index >= 15 is 0 Å². The van der Waals surface area contributed by atoms with Crippen molar-refractivity contribution in [3.05, 3.63) is 47.7 Å². The van der Waals surface area contributed by atoms with Gasteiger partial charge in [-0.3, -0.25) is 0 Å². The third-order valence-electron chi connectivity index (χ3n) is 2.86. The number of carbonyl (C=O) groups excluding carboxylic acids is 2. The molecular weight excluding hydrogens is 274 g/mol. The highest BCUT2D eigenvalue weighted by molar-refractivity contribution is 6.15. The fourth-order valence-electron chi connectivity index (χ4n) is 1.84. The second kappa shape index (κ2) is 5.97. The molecule has 0 radical (unpaired) electrons. The van der Waals surface area contributed by atoms with Crippen LogP contribution < -0.4 is 5.32 Å². The molecular formula is C15H17NO5. The highest BCUT2D eigenvalue weighted by Crippen LogP contribution is 2.22. The van der Waals surface area contributed by atoms with Gasteiger partial charge in [0.15, 0.2) is 5.57 Å². The second-order valence-electron chi connectivity index (χ2n) is 5.07. The highest BCUT2D eigenvalue weighted by atomic mass is 16.7. The minimum atomic E-state index is -1.25. The van der Waals surface area contributed by atoms with Crippen LogP contribution in [-0.2, 0) is 19.1 Å². The Kier molecular flexibility index (Phi) is 4.28. The van der Waals surface area contributed by atoms with E-state index in [1.165, 1.54) is 20.0 Å². The maximum Gasteiger partial charge on any atom is 0.350 e. The average molecular weight is 291 g/mol. The van der Waals surface area contributed by atoms with Gasteiger partial charge in [0, 0.05) is 26.6 Å². The van der Waals surface area contributed by atoms with Gasteiger partial charge in [-0.15, -0.1) is 0 Å². The van der Waals surface area contributed by atoms with E-state index in [9.17, 15) is 14.7 Å². The van der Waals surface area contributed by atoms with E-state index in [-0.39, 0.29) is 12.1 Å². The molecule has 0 spiro atoms. The monoisotopic (exact) mass is 291 g/mol. The summed E-state index contributed by atoms with van der Waals surface area (Å²) in [5.74, 6) is -2.76. The second-order valence-corrected chi connectivity index (χ2v) is 5.07. The Morgan fingerprint density at radius 3 is 2.33 bits per heavy atom. The van der Waals surface area contributed by atoms with Crippen molar-refractivity contribution >= 4 is 11.9 Å². The maximum absolute atomic E-state index is 11.7. The first-order valence-electron chi connectivity index (χ1n) is 6.52. The number of rotatable bonds is 4. The quantitative estimate of drug-likeness (QED) is 0.489. The molecule has 6 nitrogen and oxygen atoms in total. The molecule has 0 aromatic heterocycles. The van der Waals surface area contributed by atoms with Crippen LogP contribution in [0.15, 0.2) is 42.1 Å². The molecule has 1 heterocycles. The van der Waals surface area contributed by atoms with E-state index in [4.69, 9.17) is 9.47 Å². The van der Waals surface area contributed by atoms with Crippen LogP contribution in [-0.4, -0.2) is 29.4 Å². The molecule has 1 atom stereocenters. The largest absolute Gasteiger partial charge is 0.419 e. The predicted octanol–water partition coefficient (Wildman–Crippen LogP) is 1.03. The molecule has 21 heavy (non-hydrogen) atoms. The van der Waals surface area contributed by atoms with E-state index in [1.54, 1.807) is 12.1 Å². The third kappa shape index (κ3) is 3.82. The fraction of sp³-hybridized carbons (Fsp3) is 0.333. The molecule has 0 saturated carbocycles. The first-order valence-corrected chi connectivity index (χ1v) is 6.52. The summed E-state index contributed by atoms with van der Waals surface area (Å²) >= 11 is 0. The van der Waals surface area contributed by atoms with E-state index in [1.807, 2.05) is 18.2 Å². The molecule has 2 N–H and O–H groups in total. The number of nitrogens with one attached hydrogen (secondary N) is 1. The lowest BCUT2D eigenvalue weighted by Crippen LogP contribution is -2.42. The number of benzene rings is 1. The van der Waals surface area contributed by atoms with Crippen molar-refractivity contribution in [1.29, 1.82) is 0 Å². The Labute approximate surface area is 122 Å². The number of aliphatic hydroxyl groups excluding tert-OH is 1. The number of aliphatic hydroxyl groups is 1. The van der Waals surface area contributed by atoms with Crippen molar-refractivity contribution in [1.82, 2.24) is 5.32 Å². The first kappa shape index (κ1) is 15.1. The normalized spacial score (nSPS) is 18.5. The summed E-state index contributed by atoms with van der Waals surface area (Å²) in [6, 6.07) is 9.04. The zero-order chi connectivity index (χ0) is 15.5. The van der Waals surface area contributed by atoms with E-state index in [0.717, 1.165) is 5.56 Å². The molecule has 1 aliphatic rings. The predicted molar refractivity (Wildman–Crippen MR) is 73.8 cm³/mol. The third-order valence-corrected chi connectivity index (χ3v) is 2.86. The lowest BCUT2D eigenvalue weighted by atomic mass is 10.1.